The third-order valence-corrected chi connectivity index (χ3v) is 3.33. The molecule has 0 aliphatic rings. The van der Waals surface area contributed by atoms with Gasteiger partial charge in [-0.05, 0) is 13.0 Å². The highest BCUT2D eigenvalue weighted by molar-refractivity contribution is 5.90. The largest absolute Gasteiger partial charge is 0.322 e. The number of aromatic nitrogens is 4. The number of amides is 1. The van der Waals surface area contributed by atoms with Gasteiger partial charge < -0.3 is 5.32 Å². The Morgan fingerprint density at radius 3 is 2.68 bits per heavy atom. The molecule has 22 heavy (non-hydrogen) atoms. The standard InChI is InChI=1S/C15H15N5O2/c1-10-12-5-3-4-6-13(12)15(22)20(18-10)9-14(21)17-11-7-16-19(2)8-11/h3-8H,9H2,1-2H3,(H,17,21). The molecule has 0 radical (unpaired) electrons. The van der Waals surface area contributed by atoms with Crippen molar-refractivity contribution in [2.45, 2.75) is 13.5 Å². The third-order valence-electron chi connectivity index (χ3n) is 3.33. The molecule has 3 aromatic rings. The maximum atomic E-state index is 12.4. The lowest BCUT2D eigenvalue weighted by molar-refractivity contribution is -0.117. The number of nitrogens with one attached hydrogen (secondary N) is 1. The van der Waals surface area contributed by atoms with Crippen molar-refractivity contribution in [1.29, 1.82) is 0 Å². The van der Waals surface area contributed by atoms with Gasteiger partial charge in [-0.2, -0.15) is 10.2 Å². The average Bonchev–Trinajstić information content (AvgIpc) is 2.89. The molecule has 0 aliphatic heterocycles. The predicted molar refractivity (Wildman–Crippen MR) is 82.6 cm³/mol. The zero-order valence-corrected chi connectivity index (χ0v) is 12.3. The predicted octanol–water partition coefficient (Wildman–Crippen LogP) is 1.08. The van der Waals surface area contributed by atoms with E-state index in [9.17, 15) is 9.59 Å². The molecule has 7 heteroatoms. The molecule has 3 rings (SSSR count). The molecule has 0 spiro atoms. The Hall–Kier alpha value is -2.96. The van der Waals surface area contributed by atoms with Crippen LogP contribution in [0.2, 0.25) is 0 Å². The highest BCUT2D eigenvalue weighted by Crippen LogP contribution is 2.11. The van der Waals surface area contributed by atoms with Crippen molar-refractivity contribution >= 4 is 22.4 Å². The van der Waals surface area contributed by atoms with Gasteiger partial charge in [0.1, 0.15) is 6.54 Å². The topological polar surface area (TPSA) is 81.8 Å². The van der Waals surface area contributed by atoms with Gasteiger partial charge in [0.05, 0.1) is 23.0 Å². The van der Waals surface area contributed by atoms with Crippen molar-refractivity contribution in [1.82, 2.24) is 19.6 Å². The summed E-state index contributed by atoms with van der Waals surface area (Å²) in [4.78, 5) is 24.4. The number of fused-ring (bicyclic) bond motifs is 1. The lowest BCUT2D eigenvalue weighted by atomic mass is 10.1. The number of rotatable bonds is 3. The summed E-state index contributed by atoms with van der Waals surface area (Å²) in [6.07, 6.45) is 3.22. The monoisotopic (exact) mass is 297 g/mol. The zero-order valence-electron chi connectivity index (χ0n) is 12.3. The van der Waals surface area contributed by atoms with E-state index in [2.05, 4.69) is 15.5 Å². The summed E-state index contributed by atoms with van der Waals surface area (Å²) in [6, 6.07) is 7.24. The Kier molecular flexibility index (Phi) is 3.46. The van der Waals surface area contributed by atoms with E-state index in [1.807, 2.05) is 19.1 Å². The van der Waals surface area contributed by atoms with Gasteiger partial charge in [0.2, 0.25) is 5.91 Å². The fourth-order valence-electron chi connectivity index (χ4n) is 2.33. The fourth-order valence-corrected chi connectivity index (χ4v) is 2.33. The number of carbonyl (C=O) groups is 1. The fraction of sp³-hybridized carbons (Fsp3) is 0.200. The maximum absolute atomic E-state index is 12.4. The molecule has 0 saturated carbocycles. The number of hydrogen-bond donors (Lipinski definition) is 1. The summed E-state index contributed by atoms with van der Waals surface area (Å²) in [5.41, 5.74) is 1.02. The Bertz CT molecular complexity index is 910. The average molecular weight is 297 g/mol. The number of anilines is 1. The van der Waals surface area contributed by atoms with Crippen molar-refractivity contribution in [2.75, 3.05) is 5.32 Å². The second kappa shape index (κ2) is 5.44. The first-order chi connectivity index (χ1) is 10.5. The summed E-state index contributed by atoms with van der Waals surface area (Å²) < 4.78 is 2.77. The Labute approximate surface area is 126 Å². The van der Waals surface area contributed by atoms with Gasteiger partial charge in [-0.15, -0.1) is 0 Å². The van der Waals surface area contributed by atoms with Crippen LogP contribution in [-0.2, 0) is 18.4 Å². The summed E-state index contributed by atoms with van der Waals surface area (Å²) >= 11 is 0. The molecule has 7 nitrogen and oxygen atoms in total. The highest BCUT2D eigenvalue weighted by Gasteiger charge is 2.11. The van der Waals surface area contributed by atoms with Crippen molar-refractivity contribution in [2.24, 2.45) is 7.05 Å². The first-order valence-electron chi connectivity index (χ1n) is 6.79. The minimum atomic E-state index is -0.322. The number of nitrogens with zero attached hydrogens (tertiary/aromatic N) is 4. The summed E-state index contributed by atoms with van der Waals surface area (Å²) in [6.45, 7) is 1.68. The van der Waals surface area contributed by atoms with Gasteiger partial charge in [-0.1, -0.05) is 18.2 Å². The molecule has 112 valence electrons. The lowest BCUT2D eigenvalue weighted by Crippen LogP contribution is -2.30. The van der Waals surface area contributed by atoms with Crippen molar-refractivity contribution in [3.8, 4) is 0 Å². The van der Waals surface area contributed by atoms with E-state index in [-0.39, 0.29) is 18.0 Å². The van der Waals surface area contributed by atoms with Gasteiger partial charge >= 0.3 is 0 Å². The number of aryl methyl sites for hydroxylation is 2. The summed E-state index contributed by atoms with van der Waals surface area (Å²) in [5.74, 6) is -0.322. The molecule has 0 unspecified atom stereocenters. The lowest BCUT2D eigenvalue weighted by Gasteiger charge is -2.08. The maximum Gasteiger partial charge on any atom is 0.275 e. The van der Waals surface area contributed by atoms with Gasteiger partial charge in [-0.3, -0.25) is 14.3 Å². The van der Waals surface area contributed by atoms with Crippen LogP contribution in [0.4, 0.5) is 5.69 Å². The summed E-state index contributed by atoms with van der Waals surface area (Å²) in [7, 11) is 1.76. The van der Waals surface area contributed by atoms with E-state index in [0.29, 0.717) is 16.8 Å². The normalized spacial score (nSPS) is 10.8. The van der Waals surface area contributed by atoms with Crippen molar-refractivity contribution < 1.29 is 4.79 Å². The van der Waals surface area contributed by atoms with Crippen molar-refractivity contribution in [3.63, 3.8) is 0 Å². The third kappa shape index (κ3) is 2.60. The molecule has 1 N–H and O–H groups in total. The molecular weight excluding hydrogens is 282 g/mol. The van der Waals surface area contributed by atoms with E-state index in [1.54, 1.807) is 36.3 Å². The molecule has 2 aromatic heterocycles. The second-order valence-corrected chi connectivity index (χ2v) is 5.04. The van der Waals surface area contributed by atoms with Crippen LogP contribution in [-0.4, -0.2) is 25.5 Å². The van der Waals surface area contributed by atoms with Crippen LogP contribution in [0.25, 0.3) is 10.8 Å². The smallest absolute Gasteiger partial charge is 0.275 e. The van der Waals surface area contributed by atoms with Gasteiger partial charge in [0.25, 0.3) is 5.56 Å². The SMILES string of the molecule is Cc1nn(CC(=O)Nc2cnn(C)c2)c(=O)c2ccccc12. The molecular formula is C15H15N5O2. The first kappa shape index (κ1) is 14.0. The minimum absolute atomic E-state index is 0.139. The van der Waals surface area contributed by atoms with Gasteiger partial charge in [0, 0.05) is 18.6 Å². The van der Waals surface area contributed by atoms with Crippen LogP contribution >= 0.6 is 0 Å². The number of benzene rings is 1. The number of hydrogen-bond acceptors (Lipinski definition) is 4. The van der Waals surface area contributed by atoms with Crippen LogP contribution in [0.3, 0.4) is 0 Å². The molecule has 0 fully saturated rings. The highest BCUT2D eigenvalue weighted by atomic mass is 16.2. The Morgan fingerprint density at radius 2 is 2.00 bits per heavy atom. The summed E-state index contributed by atoms with van der Waals surface area (Å²) in [5, 5.41) is 12.2. The Balaban J connectivity index is 1.89. The number of carbonyl (C=O) groups excluding carboxylic acids is 1. The molecule has 0 saturated heterocycles. The molecule has 1 amide bonds. The van der Waals surface area contributed by atoms with E-state index < -0.39 is 0 Å². The molecule has 2 heterocycles. The Morgan fingerprint density at radius 1 is 1.27 bits per heavy atom. The van der Waals surface area contributed by atoms with E-state index in [4.69, 9.17) is 0 Å². The quantitative estimate of drug-likeness (QED) is 0.784. The second-order valence-electron chi connectivity index (χ2n) is 5.04. The zero-order chi connectivity index (χ0) is 15.7. The van der Waals surface area contributed by atoms with Crippen LogP contribution in [0.1, 0.15) is 5.69 Å². The van der Waals surface area contributed by atoms with Crippen molar-refractivity contribution in [3.05, 3.63) is 52.7 Å². The van der Waals surface area contributed by atoms with Gasteiger partial charge in [-0.25, -0.2) is 4.68 Å². The van der Waals surface area contributed by atoms with Crippen LogP contribution < -0.4 is 10.9 Å². The molecule has 1 aromatic carbocycles. The first-order valence-corrected chi connectivity index (χ1v) is 6.79. The van der Waals surface area contributed by atoms with Gasteiger partial charge in [0.15, 0.2) is 0 Å². The van der Waals surface area contributed by atoms with E-state index in [0.717, 1.165) is 5.39 Å². The molecule has 0 bridgehead atoms. The molecule has 0 atom stereocenters. The van der Waals surface area contributed by atoms with E-state index >= 15 is 0 Å². The van der Waals surface area contributed by atoms with E-state index in [1.165, 1.54) is 4.68 Å². The van der Waals surface area contributed by atoms with Crippen LogP contribution in [0, 0.1) is 6.92 Å². The minimum Gasteiger partial charge on any atom is -0.322 e. The van der Waals surface area contributed by atoms with Crippen LogP contribution in [0.5, 0.6) is 0 Å². The molecule has 0 aliphatic carbocycles. The van der Waals surface area contributed by atoms with Crippen LogP contribution in [0.15, 0.2) is 41.5 Å².